The summed E-state index contributed by atoms with van der Waals surface area (Å²) in [5.41, 5.74) is 2.14. The molecule has 2 aromatic rings. The van der Waals surface area contributed by atoms with Gasteiger partial charge in [0.1, 0.15) is 5.82 Å². The van der Waals surface area contributed by atoms with Crippen molar-refractivity contribution in [3.8, 4) is 0 Å². The molecule has 0 aromatic heterocycles. The molecule has 1 aliphatic carbocycles. The number of benzene rings is 2. The maximum atomic E-state index is 13.0. The molecule has 0 aliphatic heterocycles. The summed E-state index contributed by atoms with van der Waals surface area (Å²) in [7, 11) is 0. The van der Waals surface area contributed by atoms with E-state index in [4.69, 9.17) is 0 Å². The van der Waals surface area contributed by atoms with E-state index in [2.05, 4.69) is 13.8 Å². The lowest BCUT2D eigenvalue weighted by Gasteiger charge is -2.14. The fraction of sp³-hybridized carbons (Fsp3) is 0.364. The predicted octanol–water partition coefficient (Wildman–Crippen LogP) is 4.65. The number of hydrogen-bond donors (Lipinski definition) is 0. The minimum Gasteiger partial charge on any atom is -0.298 e. The third kappa shape index (κ3) is 3.87. The number of halogens is 1. The highest BCUT2D eigenvalue weighted by molar-refractivity contribution is 6.10. The topological polar surface area (TPSA) is 34.1 Å². The number of Topliss-reactive ketones (excluding diaryl/α,β-unsaturated/α-hetero) is 2. The van der Waals surface area contributed by atoms with Crippen LogP contribution in [0.15, 0.2) is 48.5 Å². The standard InChI is InChI=1S/C22H23FO2/c1-15(2)18-7-3-16(4-8-18)13-20(24)22(11-12-22)21(25)14-17-5-9-19(23)10-6-17/h3-10,15H,11-14H2,1-2H3. The highest BCUT2D eigenvalue weighted by Crippen LogP contribution is 2.48. The number of rotatable bonds is 7. The Morgan fingerprint density at radius 1 is 0.880 bits per heavy atom. The molecule has 1 aliphatic rings. The van der Waals surface area contributed by atoms with Crippen molar-refractivity contribution in [3.63, 3.8) is 0 Å². The van der Waals surface area contributed by atoms with Crippen LogP contribution in [0.5, 0.6) is 0 Å². The predicted molar refractivity (Wildman–Crippen MR) is 96.0 cm³/mol. The lowest BCUT2D eigenvalue weighted by atomic mass is 9.87. The minimum absolute atomic E-state index is 0.0110. The molecule has 2 nitrogen and oxygen atoms in total. The van der Waals surface area contributed by atoms with E-state index in [1.54, 1.807) is 12.1 Å². The van der Waals surface area contributed by atoms with Crippen molar-refractivity contribution < 1.29 is 14.0 Å². The van der Waals surface area contributed by atoms with Gasteiger partial charge in [0.05, 0.1) is 5.41 Å². The first kappa shape index (κ1) is 17.5. The van der Waals surface area contributed by atoms with Gasteiger partial charge < -0.3 is 0 Å². The molecule has 0 amide bonds. The van der Waals surface area contributed by atoms with Crippen molar-refractivity contribution in [1.82, 2.24) is 0 Å². The Hall–Kier alpha value is -2.29. The fourth-order valence-electron chi connectivity index (χ4n) is 3.17. The molecule has 0 N–H and O–H groups in total. The van der Waals surface area contributed by atoms with Crippen LogP contribution >= 0.6 is 0 Å². The maximum absolute atomic E-state index is 13.0. The van der Waals surface area contributed by atoms with Gasteiger partial charge in [-0.1, -0.05) is 50.2 Å². The van der Waals surface area contributed by atoms with Gasteiger partial charge in [0, 0.05) is 12.8 Å². The van der Waals surface area contributed by atoms with Crippen LogP contribution in [0.4, 0.5) is 4.39 Å². The second-order valence-electron chi connectivity index (χ2n) is 7.30. The molecule has 0 bridgehead atoms. The van der Waals surface area contributed by atoms with E-state index in [1.807, 2.05) is 24.3 Å². The Bertz CT molecular complexity index is 769. The van der Waals surface area contributed by atoms with Gasteiger partial charge >= 0.3 is 0 Å². The first-order chi connectivity index (χ1) is 11.9. The summed E-state index contributed by atoms with van der Waals surface area (Å²) in [5, 5.41) is 0. The molecule has 2 aromatic carbocycles. The van der Waals surface area contributed by atoms with Crippen molar-refractivity contribution >= 4 is 11.6 Å². The van der Waals surface area contributed by atoms with Crippen molar-refractivity contribution in [3.05, 3.63) is 71.0 Å². The Morgan fingerprint density at radius 2 is 1.32 bits per heavy atom. The van der Waals surface area contributed by atoms with Crippen LogP contribution in [0.1, 0.15) is 49.3 Å². The molecule has 0 spiro atoms. The van der Waals surface area contributed by atoms with E-state index in [1.165, 1.54) is 17.7 Å². The Morgan fingerprint density at radius 3 is 1.72 bits per heavy atom. The minimum atomic E-state index is -0.814. The average Bonchev–Trinajstić information content (AvgIpc) is 3.39. The molecule has 3 heteroatoms. The van der Waals surface area contributed by atoms with Gasteiger partial charge in [-0.05, 0) is 47.6 Å². The van der Waals surface area contributed by atoms with E-state index in [0.717, 1.165) is 11.1 Å². The van der Waals surface area contributed by atoms with Crippen molar-refractivity contribution in [2.45, 2.75) is 45.4 Å². The lowest BCUT2D eigenvalue weighted by Crippen LogP contribution is -2.28. The van der Waals surface area contributed by atoms with Gasteiger partial charge in [-0.15, -0.1) is 0 Å². The van der Waals surface area contributed by atoms with Crippen LogP contribution in [-0.4, -0.2) is 11.6 Å². The molecule has 25 heavy (non-hydrogen) atoms. The largest absolute Gasteiger partial charge is 0.298 e. The normalized spacial score (nSPS) is 15.2. The highest BCUT2D eigenvalue weighted by Gasteiger charge is 2.54. The quantitative estimate of drug-likeness (QED) is 0.689. The monoisotopic (exact) mass is 338 g/mol. The van der Waals surface area contributed by atoms with Crippen molar-refractivity contribution in [2.75, 3.05) is 0 Å². The van der Waals surface area contributed by atoms with Crippen molar-refractivity contribution in [1.29, 1.82) is 0 Å². The zero-order valence-electron chi connectivity index (χ0n) is 14.7. The van der Waals surface area contributed by atoms with Crippen LogP contribution in [0.3, 0.4) is 0 Å². The maximum Gasteiger partial charge on any atom is 0.150 e. The summed E-state index contributed by atoms with van der Waals surface area (Å²) in [6.45, 7) is 4.26. The van der Waals surface area contributed by atoms with Gasteiger partial charge in [0.25, 0.3) is 0 Å². The van der Waals surface area contributed by atoms with Gasteiger partial charge in [0.2, 0.25) is 0 Å². The second-order valence-corrected chi connectivity index (χ2v) is 7.30. The summed E-state index contributed by atoms with van der Waals surface area (Å²) in [5.74, 6) is 0.106. The molecular weight excluding hydrogens is 315 g/mol. The van der Waals surface area contributed by atoms with Gasteiger partial charge in [-0.3, -0.25) is 9.59 Å². The number of hydrogen-bond acceptors (Lipinski definition) is 2. The molecule has 0 heterocycles. The Balaban J connectivity index is 1.66. The second kappa shape index (κ2) is 6.91. The van der Waals surface area contributed by atoms with E-state index < -0.39 is 5.41 Å². The van der Waals surface area contributed by atoms with Crippen LogP contribution in [0.25, 0.3) is 0 Å². The summed E-state index contributed by atoms with van der Waals surface area (Å²) in [6.07, 6.45) is 1.76. The molecule has 1 saturated carbocycles. The van der Waals surface area contributed by atoms with Gasteiger partial charge in [-0.25, -0.2) is 4.39 Å². The van der Waals surface area contributed by atoms with Gasteiger partial charge in [-0.2, -0.15) is 0 Å². The fourth-order valence-corrected chi connectivity index (χ4v) is 3.17. The number of ketones is 2. The first-order valence-corrected chi connectivity index (χ1v) is 8.80. The van der Waals surface area contributed by atoms with E-state index in [9.17, 15) is 14.0 Å². The Labute approximate surface area is 148 Å². The summed E-state index contributed by atoms with van der Waals surface area (Å²) in [4.78, 5) is 25.4. The number of carbonyl (C=O) groups excluding carboxylic acids is 2. The van der Waals surface area contributed by atoms with Crippen LogP contribution < -0.4 is 0 Å². The van der Waals surface area contributed by atoms with Crippen LogP contribution in [-0.2, 0) is 22.4 Å². The zero-order valence-corrected chi connectivity index (χ0v) is 14.7. The molecule has 3 rings (SSSR count). The third-order valence-corrected chi connectivity index (χ3v) is 5.11. The molecule has 130 valence electrons. The average molecular weight is 338 g/mol. The molecule has 1 fully saturated rings. The summed E-state index contributed by atoms with van der Waals surface area (Å²) < 4.78 is 13.0. The summed E-state index contributed by atoms with van der Waals surface area (Å²) >= 11 is 0. The van der Waals surface area contributed by atoms with E-state index >= 15 is 0 Å². The third-order valence-electron chi connectivity index (χ3n) is 5.11. The van der Waals surface area contributed by atoms with E-state index in [0.29, 0.717) is 25.2 Å². The smallest absolute Gasteiger partial charge is 0.150 e. The van der Waals surface area contributed by atoms with Crippen molar-refractivity contribution in [2.24, 2.45) is 5.41 Å². The first-order valence-electron chi connectivity index (χ1n) is 8.80. The molecular formula is C22H23FO2. The molecule has 0 saturated heterocycles. The number of carbonyl (C=O) groups is 2. The van der Waals surface area contributed by atoms with Gasteiger partial charge in [0.15, 0.2) is 11.6 Å². The molecule has 0 atom stereocenters. The van der Waals surface area contributed by atoms with Crippen LogP contribution in [0.2, 0.25) is 0 Å². The lowest BCUT2D eigenvalue weighted by molar-refractivity contribution is -0.133. The molecule has 0 unspecified atom stereocenters. The Kier molecular flexibility index (Phi) is 4.85. The van der Waals surface area contributed by atoms with Crippen LogP contribution in [0, 0.1) is 11.2 Å². The SMILES string of the molecule is CC(C)c1ccc(CC(=O)C2(C(=O)Cc3ccc(F)cc3)CC2)cc1. The summed E-state index contributed by atoms with van der Waals surface area (Å²) in [6, 6.07) is 14.0. The zero-order chi connectivity index (χ0) is 18.0. The highest BCUT2D eigenvalue weighted by atomic mass is 19.1. The van der Waals surface area contributed by atoms with E-state index in [-0.39, 0.29) is 23.8 Å². The molecule has 0 radical (unpaired) electrons.